The second-order valence-corrected chi connectivity index (χ2v) is 8.96. The van der Waals surface area contributed by atoms with Crippen LogP contribution in [0, 0.1) is 0 Å². The smallest absolute Gasteiger partial charge is 0.196 e. The van der Waals surface area contributed by atoms with Gasteiger partial charge in [-0.1, -0.05) is 36.0 Å². The fourth-order valence-electron chi connectivity index (χ4n) is 3.01. The molecule has 1 heterocycles. The van der Waals surface area contributed by atoms with Crippen LogP contribution in [0.25, 0.3) is 0 Å². The van der Waals surface area contributed by atoms with Crippen molar-refractivity contribution in [2.24, 2.45) is 0 Å². The van der Waals surface area contributed by atoms with Crippen LogP contribution < -0.4 is 4.74 Å². The summed E-state index contributed by atoms with van der Waals surface area (Å²) in [4.78, 5) is 6.79. The zero-order chi connectivity index (χ0) is 17.9. The van der Waals surface area contributed by atoms with Crippen molar-refractivity contribution in [3.63, 3.8) is 0 Å². The first-order valence-electron chi connectivity index (χ1n) is 8.75. The molecule has 0 fully saturated rings. The molecule has 0 bridgehead atoms. The van der Waals surface area contributed by atoms with Crippen molar-refractivity contribution in [1.29, 1.82) is 0 Å². The first-order chi connectivity index (χ1) is 12.8. The maximum absolute atomic E-state index is 5.81. The lowest BCUT2D eigenvalue weighted by Gasteiger charge is -2.19. The normalized spacial score (nSPS) is 14.4. The quantitative estimate of drug-likeness (QED) is 0.312. The van der Waals surface area contributed by atoms with Gasteiger partial charge in [-0.05, 0) is 62.4 Å². The van der Waals surface area contributed by atoms with Gasteiger partial charge in [0.05, 0.1) is 9.79 Å². The molecule has 0 spiro atoms. The van der Waals surface area contributed by atoms with Gasteiger partial charge in [0.25, 0.3) is 0 Å². The van der Waals surface area contributed by atoms with Gasteiger partial charge < -0.3 is 9.47 Å². The van der Waals surface area contributed by atoms with E-state index in [1.54, 1.807) is 0 Å². The Morgan fingerprint density at radius 3 is 2.00 bits per heavy atom. The Morgan fingerprint density at radius 1 is 0.846 bits per heavy atom. The molecule has 1 aliphatic heterocycles. The summed E-state index contributed by atoms with van der Waals surface area (Å²) in [6.07, 6.45) is -0.235. The van der Waals surface area contributed by atoms with E-state index in [9.17, 15) is 0 Å². The number of ether oxygens (including phenoxy) is 2. The molecule has 0 aliphatic carbocycles. The molecule has 1 unspecified atom stereocenters. The molecule has 1 aliphatic rings. The third-order valence-electron chi connectivity index (χ3n) is 4.12. The Hall–Kier alpha value is -1.88. The highest BCUT2D eigenvalue weighted by Gasteiger charge is 2.37. The third kappa shape index (κ3) is 3.50. The van der Waals surface area contributed by atoms with E-state index < -0.39 is 0 Å². The predicted octanol–water partition coefficient (Wildman–Crippen LogP) is 6.01. The van der Waals surface area contributed by atoms with E-state index in [1.807, 2.05) is 37.7 Å². The van der Waals surface area contributed by atoms with Gasteiger partial charge in [0, 0.05) is 6.61 Å². The summed E-state index contributed by atoms with van der Waals surface area (Å²) in [6.45, 7) is 4.54. The molecule has 3 aromatic rings. The van der Waals surface area contributed by atoms with Gasteiger partial charge in [-0.25, -0.2) is 0 Å². The molecule has 132 valence electrons. The van der Waals surface area contributed by atoms with Gasteiger partial charge in [0.2, 0.25) is 0 Å². The SMILES string of the molecule is CCOC(C)Oc1ccc([S+]2c3ccccc3Sc3ccccc32)cc1. The number of rotatable bonds is 5. The fraction of sp³-hybridized carbons (Fsp3) is 0.182. The summed E-state index contributed by atoms with van der Waals surface area (Å²) >= 11 is 1.86. The second-order valence-electron chi connectivity index (χ2n) is 5.91. The van der Waals surface area contributed by atoms with Gasteiger partial charge in [-0.2, -0.15) is 0 Å². The summed E-state index contributed by atoms with van der Waals surface area (Å²) in [6, 6.07) is 25.9. The van der Waals surface area contributed by atoms with Gasteiger partial charge in [0.15, 0.2) is 21.0 Å². The Balaban J connectivity index is 1.69. The highest BCUT2D eigenvalue weighted by molar-refractivity contribution is 8.04. The molecular weight excluding hydrogens is 360 g/mol. The summed E-state index contributed by atoms with van der Waals surface area (Å²) in [5.41, 5.74) is 0. The van der Waals surface area contributed by atoms with Crippen LogP contribution in [-0.2, 0) is 15.6 Å². The molecule has 0 N–H and O–H groups in total. The van der Waals surface area contributed by atoms with Crippen LogP contribution in [0.5, 0.6) is 5.75 Å². The maximum atomic E-state index is 5.81. The average Bonchev–Trinajstić information content (AvgIpc) is 2.67. The molecule has 0 saturated carbocycles. The number of benzene rings is 3. The summed E-state index contributed by atoms with van der Waals surface area (Å²) in [5, 5.41) is 0. The minimum absolute atomic E-state index is 0.0899. The molecule has 0 saturated heterocycles. The number of hydrogen-bond acceptors (Lipinski definition) is 3. The fourth-order valence-corrected chi connectivity index (χ4v) is 6.75. The molecule has 0 amide bonds. The van der Waals surface area contributed by atoms with Crippen molar-refractivity contribution in [3.05, 3.63) is 72.8 Å². The Kier molecular flexibility index (Phi) is 5.25. The van der Waals surface area contributed by atoms with E-state index in [4.69, 9.17) is 9.47 Å². The van der Waals surface area contributed by atoms with E-state index in [0.717, 1.165) is 5.75 Å². The molecular formula is C22H21O2S2+. The van der Waals surface area contributed by atoms with Gasteiger partial charge in [-0.15, -0.1) is 0 Å². The predicted molar refractivity (Wildman–Crippen MR) is 107 cm³/mol. The molecule has 4 heteroatoms. The largest absolute Gasteiger partial charge is 0.465 e. The highest BCUT2D eigenvalue weighted by atomic mass is 32.2. The second kappa shape index (κ2) is 7.78. The van der Waals surface area contributed by atoms with Crippen molar-refractivity contribution in [1.82, 2.24) is 0 Å². The van der Waals surface area contributed by atoms with E-state index in [2.05, 4.69) is 60.7 Å². The van der Waals surface area contributed by atoms with Gasteiger partial charge in [0.1, 0.15) is 16.6 Å². The first kappa shape index (κ1) is 17.5. The lowest BCUT2D eigenvalue weighted by atomic mass is 10.3. The minimum atomic E-state index is -0.235. The zero-order valence-electron chi connectivity index (χ0n) is 14.8. The molecule has 4 rings (SSSR count). The zero-order valence-corrected chi connectivity index (χ0v) is 16.5. The topological polar surface area (TPSA) is 18.5 Å². The van der Waals surface area contributed by atoms with E-state index in [0.29, 0.717) is 6.61 Å². The summed E-state index contributed by atoms with van der Waals surface area (Å²) in [7, 11) is -0.0899. The molecule has 0 radical (unpaired) electrons. The monoisotopic (exact) mass is 381 g/mol. The lowest BCUT2D eigenvalue weighted by molar-refractivity contribution is -0.0613. The van der Waals surface area contributed by atoms with Crippen molar-refractivity contribution >= 4 is 22.7 Å². The van der Waals surface area contributed by atoms with Crippen LogP contribution in [0.3, 0.4) is 0 Å². The molecule has 26 heavy (non-hydrogen) atoms. The van der Waals surface area contributed by atoms with E-state index in [1.165, 1.54) is 24.5 Å². The first-order valence-corrected chi connectivity index (χ1v) is 10.8. The van der Waals surface area contributed by atoms with Crippen LogP contribution in [0.4, 0.5) is 0 Å². The van der Waals surface area contributed by atoms with Crippen molar-refractivity contribution in [2.45, 2.75) is 44.6 Å². The van der Waals surface area contributed by atoms with Crippen LogP contribution in [0.2, 0.25) is 0 Å². The third-order valence-corrected chi connectivity index (χ3v) is 7.87. The van der Waals surface area contributed by atoms with Crippen LogP contribution in [-0.4, -0.2) is 12.9 Å². The average molecular weight is 382 g/mol. The van der Waals surface area contributed by atoms with Crippen molar-refractivity contribution < 1.29 is 9.47 Å². The Morgan fingerprint density at radius 2 is 1.42 bits per heavy atom. The molecule has 3 aromatic carbocycles. The highest BCUT2D eigenvalue weighted by Crippen LogP contribution is 2.48. The molecule has 0 aromatic heterocycles. The Bertz CT molecular complexity index is 847. The van der Waals surface area contributed by atoms with Gasteiger partial charge >= 0.3 is 0 Å². The standard InChI is InChI=1S/C22H21O2S2/c1-3-23-16(2)24-17-12-14-18(15-13-17)26-21-10-6-4-8-19(21)25-20-9-5-7-11-22(20)26/h4-16H,3H2,1-2H3/q+1. The summed E-state index contributed by atoms with van der Waals surface area (Å²) < 4.78 is 11.3. The van der Waals surface area contributed by atoms with Crippen LogP contribution in [0.1, 0.15) is 13.8 Å². The van der Waals surface area contributed by atoms with Crippen LogP contribution in [0.15, 0.2) is 97.3 Å². The lowest BCUT2D eigenvalue weighted by Crippen LogP contribution is -2.16. The molecule has 2 nitrogen and oxygen atoms in total. The van der Waals surface area contributed by atoms with Crippen molar-refractivity contribution in [2.75, 3.05) is 6.61 Å². The number of hydrogen-bond donors (Lipinski definition) is 0. The minimum Gasteiger partial charge on any atom is -0.465 e. The van der Waals surface area contributed by atoms with E-state index in [-0.39, 0.29) is 17.2 Å². The Labute approximate surface area is 161 Å². The summed E-state index contributed by atoms with van der Waals surface area (Å²) in [5.74, 6) is 0.839. The van der Waals surface area contributed by atoms with Crippen molar-refractivity contribution in [3.8, 4) is 5.75 Å². The van der Waals surface area contributed by atoms with Gasteiger partial charge in [-0.3, -0.25) is 0 Å². The van der Waals surface area contributed by atoms with Crippen LogP contribution >= 0.6 is 11.8 Å². The maximum Gasteiger partial charge on any atom is 0.196 e. The molecule has 1 atom stereocenters. The van der Waals surface area contributed by atoms with E-state index >= 15 is 0 Å². The number of fused-ring (bicyclic) bond motifs is 2.